The quantitative estimate of drug-likeness (QED) is 0.873. The van der Waals surface area contributed by atoms with Crippen LogP contribution in [-0.2, 0) is 4.79 Å². The van der Waals surface area contributed by atoms with Crippen molar-refractivity contribution in [1.82, 2.24) is 9.78 Å². The first kappa shape index (κ1) is 13.9. The van der Waals surface area contributed by atoms with Gasteiger partial charge in [-0.2, -0.15) is 5.10 Å². The summed E-state index contributed by atoms with van der Waals surface area (Å²) in [7, 11) is 0. The summed E-state index contributed by atoms with van der Waals surface area (Å²) >= 11 is 0. The van der Waals surface area contributed by atoms with Crippen molar-refractivity contribution < 1.29 is 9.90 Å². The Hall–Kier alpha value is -2.10. The molecule has 0 saturated heterocycles. The van der Waals surface area contributed by atoms with Gasteiger partial charge in [-0.05, 0) is 18.4 Å². The molecule has 2 aromatic rings. The fourth-order valence-corrected chi connectivity index (χ4v) is 3.19. The van der Waals surface area contributed by atoms with Crippen LogP contribution in [0.2, 0.25) is 0 Å². The Bertz CT molecular complexity index is 606. The van der Waals surface area contributed by atoms with Crippen LogP contribution in [0.1, 0.15) is 38.1 Å². The summed E-state index contributed by atoms with van der Waals surface area (Å²) < 4.78 is 1.87. The lowest BCUT2D eigenvalue weighted by Crippen LogP contribution is -2.25. The molecule has 110 valence electrons. The van der Waals surface area contributed by atoms with E-state index in [0.717, 1.165) is 43.2 Å². The van der Waals surface area contributed by atoms with Crippen LogP contribution in [0.3, 0.4) is 0 Å². The van der Waals surface area contributed by atoms with Crippen molar-refractivity contribution in [2.45, 2.75) is 38.1 Å². The minimum absolute atomic E-state index is 0.0255. The monoisotopic (exact) mass is 284 g/mol. The van der Waals surface area contributed by atoms with Gasteiger partial charge in [0.05, 0.1) is 18.2 Å². The van der Waals surface area contributed by atoms with Crippen LogP contribution < -0.4 is 0 Å². The number of carboxylic acids is 1. The Balaban J connectivity index is 1.88. The highest BCUT2D eigenvalue weighted by atomic mass is 16.4. The zero-order valence-electron chi connectivity index (χ0n) is 12.0. The molecule has 21 heavy (non-hydrogen) atoms. The summed E-state index contributed by atoms with van der Waals surface area (Å²) in [5.74, 6) is -1.02. The van der Waals surface area contributed by atoms with E-state index >= 15 is 0 Å². The number of rotatable bonds is 3. The number of nitrogens with zero attached hydrogens (tertiary/aromatic N) is 2. The maximum absolute atomic E-state index is 11.5. The summed E-state index contributed by atoms with van der Waals surface area (Å²) in [6, 6.07) is 10.0. The first-order valence-corrected chi connectivity index (χ1v) is 7.58. The molecule has 1 heterocycles. The van der Waals surface area contributed by atoms with E-state index < -0.39 is 5.97 Å². The lowest BCUT2D eigenvalue weighted by Gasteiger charge is -2.21. The second-order valence-corrected chi connectivity index (χ2v) is 5.73. The van der Waals surface area contributed by atoms with Crippen LogP contribution in [-0.4, -0.2) is 20.9 Å². The zero-order chi connectivity index (χ0) is 14.7. The molecule has 0 aliphatic heterocycles. The largest absolute Gasteiger partial charge is 0.481 e. The number of aromatic nitrogens is 2. The van der Waals surface area contributed by atoms with Crippen molar-refractivity contribution in [2.75, 3.05) is 0 Å². The molecule has 0 amide bonds. The minimum Gasteiger partial charge on any atom is -0.481 e. The first-order chi connectivity index (χ1) is 10.3. The molecule has 4 heteroatoms. The molecule has 1 aliphatic rings. The normalized spacial score (nSPS) is 22.7. The van der Waals surface area contributed by atoms with Crippen molar-refractivity contribution in [1.29, 1.82) is 0 Å². The molecule has 0 bridgehead atoms. The zero-order valence-corrected chi connectivity index (χ0v) is 12.0. The molecule has 3 rings (SSSR count). The summed E-state index contributed by atoms with van der Waals surface area (Å²) in [6.45, 7) is 0. The number of carbonyl (C=O) groups is 1. The molecule has 0 radical (unpaired) electrons. The summed E-state index contributed by atoms with van der Waals surface area (Å²) in [4.78, 5) is 11.5. The number of aliphatic carboxylic acids is 1. The molecule has 1 aromatic heterocycles. The summed E-state index contributed by atoms with van der Waals surface area (Å²) in [6.07, 6.45) is 8.66. The molecule has 1 aromatic carbocycles. The molecule has 1 aliphatic carbocycles. The second-order valence-electron chi connectivity index (χ2n) is 5.73. The van der Waals surface area contributed by atoms with Crippen LogP contribution in [0.15, 0.2) is 42.7 Å². The van der Waals surface area contributed by atoms with E-state index in [1.165, 1.54) is 0 Å². The van der Waals surface area contributed by atoms with Crippen molar-refractivity contribution in [3.8, 4) is 11.1 Å². The van der Waals surface area contributed by atoms with E-state index in [9.17, 15) is 9.90 Å². The molecule has 1 fully saturated rings. The SMILES string of the molecule is O=C(O)C1CCCCCC1n1cc(-c2ccccc2)cn1. The first-order valence-electron chi connectivity index (χ1n) is 7.58. The average molecular weight is 284 g/mol. The third-order valence-electron chi connectivity index (χ3n) is 4.35. The lowest BCUT2D eigenvalue weighted by atomic mass is 9.95. The second kappa shape index (κ2) is 6.12. The maximum Gasteiger partial charge on any atom is 0.308 e. The Morgan fingerprint density at radius 1 is 1.10 bits per heavy atom. The molecule has 2 atom stereocenters. The maximum atomic E-state index is 11.5. The molecular formula is C17H20N2O2. The van der Waals surface area contributed by atoms with Gasteiger partial charge in [0.1, 0.15) is 0 Å². The highest BCUT2D eigenvalue weighted by molar-refractivity contribution is 5.70. The summed E-state index contributed by atoms with van der Waals surface area (Å²) in [5, 5.41) is 13.9. The van der Waals surface area contributed by atoms with Gasteiger partial charge in [-0.25, -0.2) is 0 Å². The summed E-state index contributed by atoms with van der Waals surface area (Å²) in [5.41, 5.74) is 2.16. The van der Waals surface area contributed by atoms with Crippen molar-refractivity contribution in [2.24, 2.45) is 5.92 Å². The van der Waals surface area contributed by atoms with Crippen LogP contribution >= 0.6 is 0 Å². The van der Waals surface area contributed by atoms with Gasteiger partial charge in [0.2, 0.25) is 0 Å². The van der Waals surface area contributed by atoms with Gasteiger partial charge >= 0.3 is 5.97 Å². The van der Waals surface area contributed by atoms with E-state index in [-0.39, 0.29) is 12.0 Å². The van der Waals surface area contributed by atoms with Crippen LogP contribution in [0.5, 0.6) is 0 Å². The third-order valence-corrected chi connectivity index (χ3v) is 4.35. The van der Waals surface area contributed by atoms with Gasteiger partial charge in [0, 0.05) is 11.8 Å². The highest BCUT2D eigenvalue weighted by Gasteiger charge is 2.31. The Morgan fingerprint density at radius 2 is 1.86 bits per heavy atom. The predicted molar refractivity (Wildman–Crippen MR) is 80.9 cm³/mol. The van der Waals surface area contributed by atoms with Gasteiger partial charge in [0.15, 0.2) is 0 Å². The van der Waals surface area contributed by atoms with E-state index in [4.69, 9.17) is 0 Å². The highest BCUT2D eigenvalue weighted by Crippen LogP contribution is 2.33. The molecular weight excluding hydrogens is 264 g/mol. The van der Waals surface area contributed by atoms with Crippen molar-refractivity contribution in [3.63, 3.8) is 0 Å². The Labute approximate surface area is 124 Å². The Kier molecular flexibility index (Phi) is 4.04. The third kappa shape index (κ3) is 2.99. The molecule has 1 saturated carbocycles. The fourth-order valence-electron chi connectivity index (χ4n) is 3.19. The fraction of sp³-hybridized carbons (Fsp3) is 0.412. The molecule has 1 N–H and O–H groups in total. The van der Waals surface area contributed by atoms with Gasteiger partial charge in [-0.15, -0.1) is 0 Å². The number of carboxylic acid groups (broad SMARTS) is 1. The van der Waals surface area contributed by atoms with Crippen molar-refractivity contribution in [3.05, 3.63) is 42.7 Å². The minimum atomic E-state index is -0.696. The van der Waals surface area contributed by atoms with Crippen LogP contribution in [0.4, 0.5) is 0 Å². The van der Waals surface area contributed by atoms with Crippen LogP contribution in [0.25, 0.3) is 11.1 Å². The predicted octanol–water partition coefficient (Wildman–Crippen LogP) is 3.76. The smallest absolute Gasteiger partial charge is 0.308 e. The van der Waals surface area contributed by atoms with Gasteiger partial charge < -0.3 is 5.11 Å². The topological polar surface area (TPSA) is 55.1 Å². The number of hydrogen-bond donors (Lipinski definition) is 1. The van der Waals surface area contributed by atoms with Gasteiger partial charge in [-0.1, -0.05) is 49.6 Å². The van der Waals surface area contributed by atoms with Crippen LogP contribution in [0, 0.1) is 5.92 Å². The van der Waals surface area contributed by atoms with Gasteiger partial charge in [-0.3, -0.25) is 9.48 Å². The van der Waals surface area contributed by atoms with E-state index in [1.54, 1.807) is 0 Å². The molecule has 4 nitrogen and oxygen atoms in total. The van der Waals surface area contributed by atoms with E-state index in [1.807, 2.05) is 47.4 Å². The average Bonchev–Trinajstić information content (AvgIpc) is 2.85. The number of benzene rings is 1. The Morgan fingerprint density at radius 3 is 2.62 bits per heavy atom. The van der Waals surface area contributed by atoms with Gasteiger partial charge in [0.25, 0.3) is 0 Å². The molecule has 2 unspecified atom stereocenters. The lowest BCUT2D eigenvalue weighted by molar-refractivity contribution is -0.143. The standard InChI is InChI=1S/C17H20N2O2/c20-17(21)15-9-5-2-6-10-16(15)19-12-14(11-18-19)13-7-3-1-4-8-13/h1,3-4,7-8,11-12,15-16H,2,5-6,9-10H2,(H,20,21). The van der Waals surface area contributed by atoms with Crippen molar-refractivity contribution >= 4 is 5.97 Å². The number of hydrogen-bond acceptors (Lipinski definition) is 2. The van der Waals surface area contributed by atoms with E-state index in [2.05, 4.69) is 5.10 Å². The molecule has 0 spiro atoms. The van der Waals surface area contributed by atoms with E-state index in [0.29, 0.717) is 0 Å².